The second-order valence-electron chi connectivity index (χ2n) is 3.39. The minimum atomic E-state index is -4.78. The number of rotatable bonds is 3. The Kier molecular flexibility index (Phi) is 4.15. The standard InChI is InChI=1S/C10H5Cl2F3N4O/c11-6-4-7(12)18-9(17-6)19-8-3-5(1-2-16-8)20-10(13,14)15/h1-4H,(H,16,17,18,19). The molecule has 2 aromatic heterocycles. The number of aromatic nitrogens is 3. The van der Waals surface area contributed by atoms with Crippen molar-refractivity contribution in [1.82, 2.24) is 15.0 Å². The quantitative estimate of drug-likeness (QED) is 0.870. The van der Waals surface area contributed by atoms with Gasteiger partial charge in [0.05, 0.1) is 0 Å². The van der Waals surface area contributed by atoms with Crippen LogP contribution in [0.3, 0.4) is 0 Å². The van der Waals surface area contributed by atoms with E-state index in [0.717, 1.165) is 18.3 Å². The van der Waals surface area contributed by atoms with E-state index < -0.39 is 12.1 Å². The van der Waals surface area contributed by atoms with Crippen molar-refractivity contribution in [2.24, 2.45) is 0 Å². The summed E-state index contributed by atoms with van der Waals surface area (Å²) in [6.45, 7) is 0. The van der Waals surface area contributed by atoms with Crippen molar-refractivity contribution in [3.63, 3.8) is 0 Å². The fourth-order valence-corrected chi connectivity index (χ4v) is 1.66. The van der Waals surface area contributed by atoms with Crippen LogP contribution in [0, 0.1) is 0 Å². The summed E-state index contributed by atoms with van der Waals surface area (Å²) in [5.41, 5.74) is 0. The molecular weight excluding hydrogens is 320 g/mol. The van der Waals surface area contributed by atoms with Gasteiger partial charge in [-0.1, -0.05) is 23.2 Å². The molecule has 0 aromatic carbocycles. The molecule has 0 amide bonds. The van der Waals surface area contributed by atoms with Gasteiger partial charge in [-0.25, -0.2) is 15.0 Å². The first-order chi connectivity index (χ1) is 9.32. The van der Waals surface area contributed by atoms with Gasteiger partial charge < -0.3 is 10.1 Å². The SMILES string of the molecule is FC(F)(F)Oc1ccnc(Nc2nc(Cl)cc(Cl)n2)c1. The van der Waals surface area contributed by atoms with Gasteiger partial charge in [-0.2, -0.15) is 0 Å². The normalized spacial score (nSPS) is 11.2. The predicted octanol–water partition coefficient (Wildman–Crippen LogP) is 3.82. The van der Waals surface area contributed by atoms with Gasteiger partial charge in [0.2, 0.25) is 5.95 Å². The molecule has 0 saturated carbocycles. The lowest BCUT2D eigenvalue weighted by atomic mass is 10.4. The van der Waals surface area contributed by atoms with E-state index in [0.29, 0.717) is 0 Å². The number of nitrogens with zero attached hydrogens (tertiary/aromatic N) is 3. The Morgan fingerprint density at radius 2 is 1.75 bits per heavy atom. The largest absolute Gasteiger partial charge is 0.573 e. The Hall–Kier alpha value is -1.80. The second kappa shape index (κ2) is 5.68. The molecule has 1 N–H and O–H groups in total. The summed E-state index contributed by atoms with van der Waals surface area (Å²) < 4.78 is 40.0. The van der Waals surface area contributed by atoms with Gasteiger partial charge in [0.1, 0.15) is 21.9 Å². The lowest BCUT2D eigenvalue weighted by Gasteiger charge is -2.10. The Morgan fingerprint density at radius 3 is 2.35 bits per heavy atom. The molecule has 5 nitrogen and oxygen atoms in total. The van der Waals surface area contributed by atoms with Crippen LogP contribution in [0.1, 0.15) is 0 Å². The van der Waals surface area contributed by atoms with Crippen molar-refractivity contribution in [1.29, 1.82) is 0 Å². The van der Waals surface area contributed by atoms with Crippen LogP contribution >= 0.6 is 23.2 Å². The molecule has 0 bridgehead atoms. The lowest BCUT2D eigenvalue weighted by Crippen LogP contribution is -2.17. The summed E-state index contributed by atoms with van der Waals surface area (Å²) >= 11 is 11.3. The molecule has 2 aromatic rings. The average molecular weight is 325 g/mol. The van der Waals surface area contributed by atoms with Crippen LogP contribution in [0.2, 0.25) is 10.3 Å². The van der Waals surface area contributed by atoms with Gasteiger partial charge in [-0.3, -0.25) is 0 Å². The molecule has 0 aliphatic heterocycles. The molecule has 2 rings (SSSR count). The summed E-state index contributed by atoms with van der Waals surface area (Å²) in [7, 11) is 0. The molecule has 0 fully saturated rings. The van der Waals surface area contributed by atoms with Gasteiger partial charge in [-0.15, -0.1) is 13.2 Å². The summed E-state index contributed by atoms with van der Waals surface area (Å²) in [5, 5.41) is 2.72. The third-order valence-electron chi connectivity index (χ3n) is 1.87. The molecule has 10 heteroatoms. The zero-order valence-electron chi connectivity index (χ0n) is 9.45. The Morgan fingerprint density at radius 1 is 1.10 bits per heavy atom. The van der Waals surface area contributed by atoms with Crippen LogP contribution in [0.5, 0.6) is 5.75 Å². The zero-order chi connectivity index (χ0) is 14.8. The highest BCUT2D eigenvalue weighted by molar-refractivity contribution is 6.33. The fraction of sp³-hybridized carbons (Fsp3) is 0.100. The highest BCUT2D eigenvalue weighted by Gasteiger charge is 2.31. The van der Waals surface area contributed by atoms with Gasteiger partial charge >= 0.3 is 6.36 Å². The van der Waals surface area contributed by atoms with E-state index in [9.17, 15) is 13.2 Å². The van der Waals surface area contributed by atoms with Gasteiger partial charge in [0, 0.05) is 18.3 Å². The van der Waals surface area contributed by atoms with Crippen LogP contribution in [0.4, 0.5) is 24.9 Å². The first-order valence-corrected chi connectivity index (χ1v) is 5.76. The maximum absolute atomic E-state index is 12.1. The first-order valence-electron chi connectivity index (χ1n) is 5.01. The van der Waals surface area contributed by atoms with E-state index >= 15 is 0 Å². The number of ether oxygens (including phenoxy) is 1. The van der Waals surface area contributed by atoms with Crippen molar-refractivity contribution in [2.75, 3.05) is 5.32 Å². The van der Waals surface area contributed by atoms with E-state index in [1.165, 1.54) is 6.07 Å². The fourth-order valence-electron chi connectivity index (χ4n) is 1.24. The van der Waals surface area contributed by atoms with Crippen molar-refractivity contribution in [3.8, 4) is 5.75 Å². The highest BCUT2D eigenvalue weighted by atomic mass is 35.5. The van der Waals surface area contributed by atoms with Crippen molar-refractivity contribution in [2.45, 2.75) is 6.36 Å². The molecule has 0 aliphatic rings. The van der Waals surface area contributed by atoms with Crippen LogP contribution in [-0.2, 0) is 0 Å². The molecule has 2 heterocycles. The Bertz CT molecular complexity index is 603. The number of hydrogen-bond donors (Lipinski definition) is 1. The van der Waals surface area contributed by atoms with E-state index in [2.05, 4.69) is 25.0 Å². The molecule has 0 aliphatic carbocycles. The van der Waals surface area contributed by atoms with Gasteiger partial charge in [-0.05, 0) is 6.07 Å². The van der Waals surface area contributed by atoms with E-state index in [-0.39, 0.29) is 22.1 Å². The number of nitrogens with one attached hydrogen (secondary N) is 1. The van der Waals surface area contributed by atoms with Crippen molar-refractivity contribution < 1.29 is 17.9 Å². The molecule has 0 atom stereocenters. The maximum Gasteiger partial charge on any atom is 0.573 e. The van der Waals surface area contributed by atoms with Crippen molar-refractivity contribution in [3.05, 3.63) is 34.7 Å². The minimum Gasteiger partial charge on any atom is -0.406 e. The minimum absolute atomic E-state index is 0.000779. The number of anilines is 2. The Labute approximate surface area is 120 Å². The average Bonchev–Trinajstić information content (AvgIpc) is 2.25. The number of hydrogen-bond acceptors (Lipinski definition) is 5. The second-order valence-corrected chi connectivity index (χ2v) is 4.16. The summed E-state index contributed by atoms with van der Waals surface area (Å²) in [4.78, 5) is 11.4. The van der Waals surface area contributed by atoms with Gasteiger partial charge in [0.25, 0.3) is 0 Å². The first kappa shape index (κ1) is 14.6. The van der Waals surface area contributed by atoms with Crippen LogP contribution in [0.15, 0.2) is 24.4 Å². The molecule has 0 unspecified atom stereocenters. The molecule has 0 spiro atoms. The van der Waals surface area contributed by atoms with E-state index in [4.69, 9.17) is 23.2 Å². The Balaban J connectivity index is 2.19. The molecule has 0 saturated heterocycles. The third kappa shape index (κ3) is 4.39. The van der Waals surface area contributed by atoms with Crippen LogP contribution in [-0.4, -0.2) is 21.3 Å². The predicted molar refractivity (Wildman–Crippen MR) is 66.3 cm³/mol. The van der Waals surface area contributed by atoms with Gasteiger partial charge in [0.15, 0.2) is 0 Å². The molecule has 20 heavy (non-hydrogen) atoms. The molecule has 0 radical (unpaired) electrons. The number of pyridine rings is 1. The zero-order valence-corrected chi connectivity index (χ0v) is 11.0. The summed E-state index contributed by atoms with van der Waals surface area (Å²) in [5.74, 6) is -0.382. The number of halogens is 5. The van der Waals surface area contributed by atoms with Crippen molar-refractivity contribution >= 4 is 35.0 Å². The van der Waals surface area contributed by atoms with Crippen LogP contribution in [0.25, 0.3) is 0 Å². The van der Waals surface area contributed by atoms with E-state index in [1.807, 2.05) is 0 Å². The summed E-state index contributed by atoms with van der Waals surface area (Å²) in [6, 6.07) is 3.40. The highest BCUT2D eigenvalue weighted by Crippen LogP contribution is 2.25. The maximum atomic E-state index is 12.1. The molecule has 106 valence electrons. The topological polar surface area (TPSA) is 59.9 Å². The number of alkyl halides is 3. The third-order valence-corrected chi connectivity index (χ3v) is 2.26. The lowest BCUT2D eigenvalue weighted by molar-refractivity contribution is -0.274. The van der Waals surface area contributed by atoms with Crippen LogP contribution < -0.4 is 10.1 Å². The smallest absolute Gasteiger partial charge is 0.406 e. The molecular formula is C10H5Cl2F3N4O. The summed E-state index contributed by atoms with van der Waals surface area (Å²) in [6.07, 6.45) is -3.65. The monoisotopic (exact) mass is 324 g/mol. The van der Waals surface area contributed by atoms with E-state index in [1.54, 1.807) is 0 Å².